The average molecular weight is 573 g/mol. The summed E-state index contributed by atoms with van der Waals surface area (Å²) in [5.41, 5.74) is 3.84. The van der Waals surface area contributed by atoms with E-state index in [9.17, 15) is 0 Å². The highest BCUT2D eigenvalue weighted by atomic mass is 127. The lowest BCUT2D eigenvalue weighted by atomic mass is 9.97. The fourth-order valence-electron chi connectivity index (χ4n) is 4.50. The van der Waals surface area contributed by atoms with E-state index < -0.39 is 0 Å². The van der Waals surface area contributed by atoms with Crippen LogP contribution >= 0.6 is 24.0 Å². The quantitative estimate of drug-likeness (QED) is 0.234. The molecule has 2 unspecified atom stereocenters. The molecular weight excluding hydrogens is 535 g/mol. The SMILES string of the molecule is CCNC(=NCc1cccc(Cn2cccn2)c1)NC1CCN(Cc2ccccc2)C(C)C1.I. The topological polar surface area (TPSA) is 57.5 Å². The Morgan fingerprint density at radius 3 is 2.56 bits per heavy atom. The highest BCUT2D eigenvalue weighted by molar-refractivity contribution is 14.0. The van der Waals surface area contributed by atoms with Gasteiger partial charge in [-0.2, -0.15) is 5.10 Å². The fraction of sp³-hybridized carbons (Fsp3) is 0.407. The second kappa shape index (κ2) is 13.5. The minimum absolute atomic E-state index is 0. The first-order valence-corrected chi connectivity index (χ1v) is 12.1. The number of aliphatic imine (C=N–C) groups is 1. The first-order valence-electron chi connectivity index (χ1n) is 12.1. The summed E-state index contributed by atoms with van der Waals surface area (Å²) in [6, 6.07) is 22.3. The zero-order valence-electron chi connectivity index (χ0n) is 20.2. The minimum Gasteiger partial charge on any atom is -0.357 e. The minimum atomic E-state index is 0. The molecular formula is C27H37IN6. The van der Waals surface area contributed by atoms with Gasteiger partial charge < -0.3 is 10.6 Å². The van der Waals surface area contributed by atoms with Crippen molar-refractivity contribution in [3.8, 4) is 0 Å². The van der Waals surface area contributed by atoms with Crippen molar-refractivity contribution in [2.24, 2.45) is 4.99 Å². The Morgan fingerprint density at radius 1 is 1.03 bits per heavy atom. The van der Waals surface area contributed by atoms with E-state index >= 15 is 0 Å². The Hall–Kier alpha value is -2.39. The third kappa shape index (κ3) is 7.84. The molecule has 7 heteroatoms. The number of halogens is 1. The van der Waals surface area contributed by atoms with E-state index in [1.807, 2.05) is 23.1 Å². The largest absolute Gasteiger partial charge is 0.357 e. The van der Waals surface area contributed by atoms with Crippen LogP contribution in [-0.2, 0) is 19.6 Å². The Balaban J connectivity index is 0.00000324. The van der Waals surface area contributed by atoms with Gasteiger partial charge in [-0.3, -0.25) is 9.58 Å². The van der Waals surface area contributed by atoms with Gasteiger partial charge in [0.1, 0.15) is 0 Å². The van der Waals surface area contributed by atoms with Crippen LogP contribution < -0.4 is 10.6 Å². The highest BCUT2D eigenvalue weighted by Gasteiger charge is 2.25. The van der Waals surface area contributed by atoms with E-state index in [-0.39, 0.29) is 24.0 Å². The summed E-state index contributed by atoms with van der Waals surface area (Å²) in [6.07, 6.45) is 6.05. The van der Waals surface area contributed by atoms with Gasteiger partial charge in [-0.05, 0) is 49.4 Å². The van der Waals surface area contributed by atoms with E-state index in [0.717, 1.165) is 45.0 Å². The second-order valence-corrected chi connectivity index (χ2v) is 8.89. The van der Waals surface area contributed by atoms with Crippen molar-refractivity contribution in [2.75, 3.05) is 13.1 Å². The lowest BCUT2D eigenvalue weighted by Gasteiger charge is -2.38. The third-order valence-electron chi connectivity index (χ3n) is 6.24. The number of likely N-dealkylation sites (tertiary alicyclic amines) is 1. The van der Waals surface area contributed by atoms with E-state index in [1.165, 1.54) is 16.7 Å². The first kappa shape index (κ1) is 26.2. The average Bonchev–Trinajstić information content (AvgIpc) is 3.33. The lowest BCUT2D eigenvalue weighted by molar-refractivity contribution is 0.134. The van der Waals surface area contributed by atoms with Crippen LogP contribution in [0.3, 0.4) is 0 Å². The molecule has 34 heavy (non-hydrogen) atoms. The summed E-state index contributed by atoms with van der Waals surface area (Å²) in [5, 5.41) is 11.4. The van der Waals surface area contributed by atoms with Crippen molar-refractivity contribution < 1.29 is 0 Å². The molecule has 0 radical (unpaired) electrons. The Bertz CT molecular complexity index is 1000. The van der Waals surface area contributed by atoms with E-state index in [4.69, 9.17) is 4.99 Å². The predicted molar refractivity (Wildman–Crippen MR) is 150 cm³/mol. The maximum absolute atomic E-state index is 4.89. The van der Waals surface area contributed by atoms with E-state index in [1.54, 1.807) is 0 Å². The molecule has 6 nitrogen and oxygen atoms in total. The Kier molecular flexibility index (Phi) is 10.4. The van der Waals surface area contributed by atoms with Crippen LogP contribution in [0.4, 0.5) is 0 Å². The molecule has 182 valence electrons. The van der Waals surface area contributed by atoms with Crippen molar-refractivity contribution in [1.29, 1.82) is 0 Å². The maximum atomic E-state index is 4.89. The molecule has 2 atom stereocenters. The molecule has 0 bridgehead atoms. The van der Waals surface area contributed by atoms with Gasteiger partial charge in [-0.15, -0.1) is 24.0 Å². The van der Waals surface area contributed by atoms with Gasteiger partial charge in [0.25, 0.3) is 0 Å². The molecule has 4 rings (SSSR count). The summed E-state index contributed by atoms with van der Waals surface area (Å²) < 4.78 is 1.94. The van der Waals surface area contributed by atoms with Crippen LogP contribution in [0.1, 0.15) is 43.4 Å². The molecule has 1 saturated heterocycles. The van der Waals surface area contributed by atoms with Crippen LogP contribution in [-0.4, -0.2) is 45.8 Å². The lowest BCUT2D eigenvalue weighted by Crippen LogP contribution is -2.51. The number of nitrogens with zero attached hydrogens (tertiary/aromatic N) is 4. The van der Waals surface area contributed by atoms with Crippen LogP contribution in [0.5, 0.6) is 0 Å². The molecule has 1 aliphatic rings. The summed E-state index contributed by atoms with van der Waals surface area (Å²) in [4.78, 5) is 7.47. The summed E-state index contributed by atoms with van der Waals surface area (Å²) in [7, 11) is 0. The predicted octanol–water partition coefficient (Wildman–Crippen LogP) is 4.66. The van der Waals surface area contributed by atoms with Crippen molar-refractivity contribution in [2.45, 2.75) is 58.4 Å². The maximum Gasteiger partial charge on any atom is 0.191 e. The zero-order valence-corrected chi connectivity index (χ0v) is 22.6. The number of aromatic nitrogens is 2. The fourth-order valence-corrected chi connectivity index (χ4v) is 4.50. The molecule has 2 heterocycles. The highest BCUT2D eigenvalue weighted by Crippen LogP contribution is 2.20. The van der Waals surface area contributed by atoms with Gasteiger partial charge in [0.05, 0.1) is 13.1 Å². The molecule has 0 spiro atoms. The molecule has 1 aromatic heterocycles. The van der Waals surface area contributed by atoms with Gasteiger partial charge in [0.15, 0.2) is 5.96 Å². The molecule has 1 fully saturated rings. The molecule has 2 aromatic carbocycles. The van der Waals surface area contributed by atoms with Crippen LogP contribution in [0.25, 0.3) is 0 Å². The van der Waals surface area contributed by atoms with Crippen molar-refractivity contribution in [1.82, 2.24) is 25.3 Å². The van der Waals surface area contributed by atoms with Crippen molar-refractivity contribution in [3.05, 3.63) is 89.7 Å². The number of piperidine rings is 1. The number of nitrogens with one attached hydrogen (secondary N) is 2. The zero-order chi connectivity index (χ0) is 22.9. The Labute approximate surface area is 220 Å². The number of hydrogen-bond acceptors (Lipinski definition) is 3. The molecule has 3 aromatic rings. The number of rotatable bonds is 8. The summed E-state index contributed by atoms with van der Waals surface area (Å²) in [6.45, 7) is 8.87. The number of benzene rings is 2. The number of hydrogen-bond donors (Lipinski definition) is 2. The molecule has 0 saturated carbocycles. The second-order valence-electron chi connectivity index (χ2n) is 8.89. The third-order valence-corrected chi connectivity index (χ3v) is 6.24. The van der Waals surface area contributed by atoms with Crippen molar-refractivity contribution >= 4 is 29.9 Å². The Morgan fingerprint density at radius 2 is 1.82 bits per heavy atom. The first-order chi connectivity index (χ1) is 16.2. The monoisotopic (exact) mass is 572 g/mol. The normalized spacial score (nSPS) is 18.8. The van der Waals surface area contributed by atoms with Crippen LogP contribution in [0.2, 0.25) is 0 Å². The molecule has 2 N–H and O–H groups in total. The van der Waals surface area contributed by atoms with Gasteiger partial charge in [0.2, 0.25) is 0 Å². The van der Waals surface area contributed by atoms with Gasteiger partial charge in [-0.1, -0.05) is 54.6 Å². The molecule has 0 amide bonds. The summed E-state index contributed by atoms with van der Waals surface area (Å²) in [5.74, 6) is 0.906. The van der Waals surface area contributed by atoms with Crippen molar-refractivity contribution in [3.63, 3.8) is 0 Å². The van der Waals surface area contributed by atoms with Gasteiger partial charge >= 0.3 is 0 Å². The number of guanidine groups is 1. The standard InChI is InChI=1S/C27H36N6.HI/c1-3-28-27(29-19-24-11-7-12-25(18-24)21-33-15-8-14-30-33)31-26-13-16-32(22(2)17-26)20-23-9-5-4-6-10-23;/h4-12,14-15,18,22,26H,3,13,16-17,19-21H2,1-2H3,(H2,28,29,31);1H. The smallest absolute Gasteiger partial charge is 0.191 e. The van der Waals surface area contributed by atoms with E-state index in [2.05, 4.69) is 89.1 Å². The van der Waals surface area contributed by atoms with Crippen LogP contribution in [0, 0.1) is 0 Å². The summed E-state index contributed by atoms with van der Waals surface area (Å²) >= 11 is 0. The van der Waals surface area contributed by atoms with Gasteiger partial charge in [0, 0.05) is 44.1 Å². The van der Waals surface area contributed by atoms with Crippen LogP contribution in [0.15, 0.2) is 78.0 Å². The van der Waals surface area contributed by atoms with E-state index in [0.29, 0.717) is 18.6 Å². The molecule has 0 aliphatic carbocycles. The van der Waals surface area contributed by atoms with Gasteiger partial charge in [-0.25, -0.2) is 4.99 Å². The molecule has 1 aliphatic heterocycles.